The molecule has 0 N–H and O–H groups in total. The predicted molar refractivity (Wildman–Crippen MR) is 97.0 cm³/mol. The smallest absolute Gasteiger partial charge is 0.410 e. The highest BCUT2D eigenvalue weighted by Gasteiger charge is 2.50. The van der Waals surface area contributed by atoms with Gasteiger partial charge in [-0.1, -0.05) is 25.0 Å². The van der Waals surface area contributed by atoms with E-state index in [0.29, 0.717) is 11.7 Å². The van der Waals surface area contributed by atoms with Crippen LogP contribution in [0.3, 0.4) is 0 Å². The van der Waals surface area contributed by atoms with Crippen LogP contribution in [-0.4, -0.2) is 57.0 Å². The van der Waals surface area contributed by atoms with Crippen LogP contribution in [-0.2, 0) is 11.3 Å². The van der Waals surface area contributed by atoms with E-state index < -0.39 is 0 Å². The number of halogens is 1. The Morgan fingerprint density at radius 2 is 2.00 bits per heavy atom. The van der Waals surface area contributed by atoms with Crippen molar-refractivity contribution in [3.8, 4) is 5.69 Å². The number of ether oxygens (including phenoxy) is 1. The number of benzene rings is 1. The van der Waals surface area contributed by atoms with Crippen LogP contribution < -0.4 is 0 Å². The summed E-state index contributed by atoms with van der Waals surface area (Å²) in [7, 11) is 0. The average Bonchev–Trinajstić information content (AvgIpc) is 3.41. The van der Waals surface area contributed by atoms with Crippen molar-refractivity contribution in [2.24, 2.45) is 0 Å². The number of aromatic nitrogens is 2. The lowest BCUT2D eigenvalue weighted by atomic mass is 10.1. The first kappa shape index (κ1) is 16.7. The highest BCUT2D eigenvalue weighted by molar-refractivity contribution is 5.71. The predicted octanol–water partition coefficient (Wildman–Crippen LogP) is 2.96. The zero-order valence-corrected chi connectivity index (χ0v) is 15.1. The fourth-order valence-electron chi connectivity index (χ4n) is 4.74. The molecule has 0 unspecified atom stereocenters. The van der Waals surface area contributed by atoms with Gasteiger partial charge >= 0.3 is 6.09 Å². The van der Waals surface area contributed by atoms with Crippen LogP contribution >= 0.6 is 0 Å². The molecule has 1 aromatic heterocycles. The van der Waals surface area contributed by atoms with Gasteiger partial charge in [-0.3, -0.25) is 9.80 Å². The summed E-state index contributed by atoms with van der Waals surface area (Å²) >= 11 is 0. The van der Waals surface area contributed by atoms with Crippen molar-refractivity contribution < 1.29 is 13.9 Å². The molecule has 1 amide bonds. The van der Waals surface area contributed by atoms with Gasteiger partial charge in [-0.15, -0.1) is 0 Å². The van der Waals surface area contributed by atoms with Crippen molar-refractivity contribution in [1.82, 2.24) is 19.6 Å². The molecule has 7 heteroatoms. The second-order valence-electron chi connectivity index (χ2n) is 7.77. The highest BCUT2D eigenvalue weighted by Crippen LogP contribution is 2.34. The molecule has 5 rings (SSSR count). The van der Waals surface area contributed by atoms with Crippen LogP contribution in [0.5, 0.6) is 0 Å². The highest BCUT2D eigenvalue weighted by atomic mass is 19.1. The fourth-order valence-corrected chi connectivity index (χ4v) is 4.74. The molecule has 1 aliphatic carbocycles. The van der Waals surface area contributed by atoms with Gasteiger partial charge < -0.3 is 4.74 Å². The Kier molecular flexibility index (Phi) is 4.11. The van der Waals surface area contributed by atoms with Gasteiger partial charge in [0.05, 0.1) is 12.2 Å². The maximum Gasteiger partial charge on any atom is 0.410 e. The fraction of sp³-hybridized carbons (Fsp3) is 0.500. The van der Waals surface area contributed by atoms with E-state index in [1.807, 2.05) is 11.1 Å². The number of amides is 1. The molecule has 27 heavy (non-hydrogen) atoms. The first-order chi connectivity index (χ1) is 13.2. The quantitative estimate of drug-likeness (QED) is 0.830. The molecule has 3 fully saturated rings. The van der Waals surface area contributed by atoms with Gasteiger partial charge in [-0.25, -0.2) is 13.9 Å². The van der Waals surface area contributed by atoms with Gasteiger partial charge in [-0.05, 0) is 25.0 Å². The topological polar surface area (TPSA) is 50.6 Å². The number of carbonyl (C=O) groups excluding carboxylic acids is 1. The molecule has 2 aliphatic heterocycles. The molecule has 3 aliphatic rings. The Balaban J connectivity index is 1.27. The minimum absolute atomic E-state index is 0.0419. The van der Waals surface area contributed by atoms with Gasteiger partial charge in [0.15, 0.2) is 0 Å². The summed E-state index contributed by atoms with van der Waals surface area (Å²) in [4.78, 5) is 16.6. The molecule has 0 spiro atoms. The summed E-state index contributed by atoms with van der Waals surface area (Å²) < 4.78 is 21.2. The van der Waals surface area contributed by atoms with Gasteiger partial charge in [0, 0.05) is 37.4 Å². The van der Waals surface area contributed by atoms with E-state index in [1.54, 1.807) is 29.1 Å². The Morgan fingerprint density at radius 1 is 1.19 bits per heavy atom. The Morgan fingerprint density at radius 3 is 2.81 bits per heavy atom. The minimum Gasteiger partial charge on any atom is -0.442 e. The number of nitrogens with zero attached hydrogens (tertiary/aromatic N) is 4. The summed E-state index contributed by atoms with van der Waals surface area (Å²) in [5.41, 5.74) is 1.47. The van der Waals surface area contributed by atoms with Crippen LogP contribution in [0.15, 0.2) is 36.7 Å². The van der Waals surface area contributed by atoms with Gasteiger partial charge in [0.25, 0.3) is 0 Å². The molecule has 142 valence electrons. The first-order valence-electron chi connectivity index (χ1n) is 9.69. The van der Waals surface area contributed by atoms with Crippen molar-refractivity contribution in [3.63, 3.8) is 0 Å². The zero-order chi connectivity index (χ0) is 18.4. The molecule has 2 atom stereocenters. The number of carbonyl (C=O) groups is 1. The normalized spacial score (nSPS) is 26.0. The summed E-state index contributed by atoms with van der Waals surface area (Å²) in [6.07, 6.45) is 8.05. The maximum atomic E-state index is 13.9. The number of rotatable bonds is 4. The Labute approximate surface area is 157 Å². The number of para-hydroxylation sites is 1. The van der Waals surface area contributed by atoms with Crippen LogP contribution in [0.2, 0.25) is 0 Å². The van der Waals surface area contributed by atoms with Crippen molar-refractivity contribution in [2.75, 3.05) is 13.1 Å². The molecular weight excluding hydrogens is 347 g/mol. The van der Waals surface area contributed by atoms with Crippen LogP contribution in [0, 0.1) is 5.82 Å². The van der Waals surface area contributed by atoms with E-state index in [1.165, 1.54) is 18.9 Å². The summed E-state index contributed by atoms with van der Waals surface area (Å²) in [5, 5.41) is 4.31. The second-order valence-corrected chi connectivity index (χ2v) is 7.77. The second kappa shape index (κ2) is 6.64. The third-order valence-electron chi connectivity index (χ3n) is 5.99. The van der Waals surface area contributed by atoms with Crippen molar-refractivity contribution >= 4 is 6.09 Å². The van der Waals surface area contributed by atoms with Crippen LogP contribution in [0.25, 0.3) is 5.69 Å². The average molecular weight is 370 g/mol. The van der Waals surface area contributed by atoms with Crippen molar-refractivity contribution in [3.05, 3.63) is 48.0 Å². The van der Waals surface area contributed by atoms with E-state index >= 15 is 0 Å². The van der Waals surface area contributed by atoms with Crippen LogP contribution in [0.4, 0.5) is 9.18 Å². The standard InChI is InChI=1S/C20H23FN4O2/c21-16-7-3-4-8-17(16)24-11-14(9-22-24)10-23-12-18-19(13-23)27-20(26)25(18)15-5-1-2-6-15/h3-4,7-9,11,15,18-19H,1-2,5-6,10,12-13H2/t18-,19+/m0/s1. The SMILES string of the molecule is O=C1O[C@@H]2CN(Cc3cnn(-c4ccccc4F)c3)C[C@@H]2N1C1CCCC1. The maximum absolute atomic E-state index is 13.9. The van der Waals surface area contributed by atoms with Gasteiger partial charge in [0.1, 0.15) is 17.6 Å². The third kappa shape index (κ3) is 3.00. The molecule has 2 aromatic rings. The summed E-state index contributed by atoms with van der Waals surface area (Å²) in [5.74, 6) is -0.290. The van der Waals surface area contributed by atoms with E-state index in [-0.39, 0.29) is 24.1 Å². The lowest BCUT2D eigenvalue weighted by molar-refractivity contribution is 0.113. The molecular formula is C20H23FN4O2. The molecule has 3 heterocycles. The Bertz CT molecular complexity index is 848. The van der Waals surface area contributed by atoms with Gasteiger partial charge in [0.2, 0.25) is 0 Å². The number of fused-ring (bicyclic) bond motifs is 1. The molecule has 0 bridgehead atoms. The molecule has 6 nitrogen and oxygen atoms in total. The molecule has 1 aromatic carbocycles. The van der Waals surface area contributed by atoms with Crippen LogP contribution in [0.1, 0.15) is 31.2 Å². The molecule has 1 saturated carbocycles. The third-order valence-corrected chi connectivity index (χ3v) is 5.99. The number of hydrogen-bond donors (Lipinski definition) is 0. The summed E-state index contributed by atoms with van der Waals surface area (Å²) in [6, 6.07) is 7.12. The molecule has 0 radical (unpaired) electrons. The minimum atomic E-state index is -0.290. The Hall–Kier alpha value is -2.41. The van der Waals surface area contributed by atoms with E-state index in [2.05, 4.69) is 10.00 Å². The summed E-state index contributed by atoms with van der Waals surface area (Å²) in [6.45, 7) is 2.28. The van der Waals surface area contributed by atoms with Gasteiger partial charge in [-0.2, -0.15) is 5.10 Å². The van der Waals surface area contributed by atoms with Crippen molar-refractivity contribution in [1.29, 1.82) is 0 Å². The van der Waals surface area contributed by atoms with E-state index in [9.17, 15) is 9.18 Å². The van der Waals surface area contributed by atoms with E-state index in [0.717, 1.165) is 38.0 Å². The largest absolute Gasteiger partial charge is 0.442 e. The lowest BCUT2D eigenvalue weighted by Gasteiger charge is -2.27. The van der Waals surface area contributed by atoms with E-state index in [4.69, 9.17) is 4.74 Å². The number of hydrogen-bond acceptors (Lipinski definition) is 4. The number of likely N-dealkylation sites (tertiary alicyclic amines) is 1. The van der Waals surface area contributed by atoms with Crippen molar-refractivity contribution in [2.45, 2.75) is 50.4 Å². The monoisotopic (exact) mass is 370 g/mol. The zero-order valence-electron chi connectivity index (χ0n) is 15.1. The molecule has 2 saturated heterocycles. The lowest BCUT2D eigenvalue weighted by Crippen LogP contribution is -2.43. The first-order valence-corrected chi connectivity index (χ1v) is 9.69.